The Morgan fingerprint density at radius 2 is 1.96 bits per heavy atom. The first-order valence-corrected chi connectivity index (χ1v) is 9.10. The summed E-state index contributed by atoms with van der Waals surface area (Å²) in [6.07, 6.45) is 6.58. The number of nitrogens with zero attached hydrogens (tertiary/aromatic N) is 4. The van der Waals surface area contributed by atoms with E-state index >= 15 is 0 Å². The molecule has 2 aliphatic rings. The molecule has 0 aliphatic carbocycles. The summed E-state index contributed by atoms with van der Waals surface area (Å²) in [5.41, 5.74) is 1.43. The van der Waals surface area contributed by atoms with E-state index in [1.54, 1.807) is 24.7 Å². The molecule has 2 fully saturated rings. The highest BCUT2D eigenvalue weighted by molar-refractivity contribution is 6.07. The Balaban J connectivity index is 1.61. The van der Waals surface area contributed by atoms with Gasteiger partial charge >= 0.3 is 6.03 Å². The van der Waals surface area contributed by atoms with E-state index in [0.29, 0.717) is 0 Å². The van der Waals surface area contributed by atoms with E-state index in [0.717, 1.165) is 48.7 Å². The van der Waals surface area contributed by atoms with Crippen LogP contribution in [0.1, 0.15) is 29.8 Å². The zero-order valence-electron chi connectivity index (χ0n) is 15.4. The van der Waals surface area contributed by atoms with Crippen LogP contribution in [-0.2, 0) is 10.3 Å². The van der Waals surface area contributed by atoms with Crippen molar-refractivity contribution in [2.24, 2.45) is 5.92 Å². The van der Waals surface area contributed by atoms with Gasteiger partial charge in [-0.05, 0) is 38.7 Å². The Labute approximate surface area is 157 Å². The summed E-state index contributed by atoms with van der Waals surface area (Å²) < 4.78 is 0. The van der Waals surface area contributed by atoms with Gasteiger partial charge < -0.3 is 10.2 Å². The molecule has 4 rings (SSSR count). The standard InChI is InChI=1S/C19H22N6O2/c1-12-10-21-13(2)16(22-12)25-8-5-14(6-9-25)19(15-4-3-7-20-11-15)17(26)23-18(27)24-19/h3-4,7,10-11,14H,5-6,8-9H2,1-2H3,(H2,23,24,26,27). The minimum Gasteiger partial charge on any atom is -0.355 e. The predicted molar refractivity (Wildman–Crippen MR) is 99.0 cm³/mol. The van der Waals surface area contributed by atoms with Gasteiger partial charge in [0.15, 0.2) is 5.54 Å². The Morgan fingerprint density at radius 3 is 2.59 bits per heavy atom. The van der Waals surface area contributed by atoms with Gasteiger partial charge in [0.1, 0.15) is 5.82 Å². The van der Waals surface area contributed by atoms with Crippen molar-refractivity contribution < 1.29 is 9.59 Å². The Morgan fingerprint density at radius 1 is 1.19 bits per heavy atom. The van der Waals surface area contributed by atoms with Gasteiger partial charge in [-0.1, -0.05) is 6.07 Å². The van der Waals surface area contributed by atoms with Gasteiger partial charge in [0, 0.05) is 37.2 Å². The number of aryl methyl sites for hydroxylation is 2. The third-order valence-corrected chi connectivity index (χ3v) is 5.47. The lowest BCUT2D eigenvalue weighted by molar-refractivity contribution is -0.126. The molecule has 8 nitrogen and oxygen atoms in total. The molecule has 2 aliphatic heterocycles. The number of amides is 3. The van der Waals surface area contributed by atoms with Crippen LogP contribution in [0.3, 0.4) is 0 Å². The summed E-state index contributed by atoms with van der Waals surface area (Å²) in [5, 5.41) is 5.30. The lowest BCUT2D eigenvalue weighted by Gasteiger charge is -2.41. The van der Waals surface area contributed by atoms with E-state index in [9.17, 15) is 9.59 Å². The van der Waals surface area contributed by atoms with Crippen LogP contribution in [0.25, 0.3) is 0 Å². The maximum atomic E-state index is 12.8. The van der Waals surface area contributed by atoms with Crippen LogP contribution in [0.2, 0.25) is 0 Å². The van der Waals surface area contributed by atoms with Crippen molar-refractivity contribution in [2.45, 2.75) is 32.2 Å². The number of imide groups is 1. The summed E-state index contributed by atoms with van der Waals surface area (Å²) in [7, 11) is 0. The molecule has 8 heteroatoms. The van der Waals surface area contributed by atoms with Crippen molar-refractivity contribution in [3.05, 3.63) is 47.7 Å². The number of carbonyl (C=O) groups is 2. The maximum absolute atomic E-state index is 12.8. The third-order valence-electron chi connectivity index (χ3n) is 5.47. The van der Waals surface area contributed by atoms with Crippen molar-refractivity contribution in [1.29, 1.82) is 0 Å². The number of rotatable bonds is 3. The van der Waals surface area contributed by atoms with Crippen molar-refractivity contribution >= 4 is 17.8 Å². The van der Waals surface area contributed by atoms with Gasteiger partial charge in [0.05, 0.1) is 11.4 Å². The summed E-state index contributed by atoms with van der Waals surface area (Å²) >= 11 is 0. The van der Waals surface area contributed by atoms with Crippen LogP contribution < -0.4 is 15.5 Å². The molecule has 140 valence electrons. The topological polar surface area (TPSA) is 100 Å². The quantitative estimate of drug-likeness (QED) is 0.798. The third kappa shape index (κ3) is 2.90. The van der Waals surface area contributed by atoms with Crippen LogP contribution in [0.5, 0.6) is 0 Å². The van der Waals surface area contributed by atoms with Gasteiger partial charge in [0.25, 0.3) is 5.91 Å². The number of nitrogens with one attached hydrogen (secondary N) is 2. The summed E-state index contributed by atoms with van der Waals surface area (Å²) in [4.78, 5) is 40.1. The summed E-state index contributed by atoms with van der Waals surface area (Å²) in [6.45, 7) is 5.37. The molecule has 2 saturated heterocycles. The second-order valence-corrected chi connectivity index (χ2v) is 7.14. The first kappa shape index (κ1) is 17.4. The second-order valence-electron chi connectivity index (χ2n) is 7.14. The molecule has 27 heavy (non-hydrogen) atoms. The lowest BCUT2D eigenvalue weighted by Crippen LogP contribution is -2.53. The Kier molecular flexibility index (Phi) is 4.25. The minimum absolute atomic E-state index is 0.0255. The molecule has 0 spiro atoms. The molecule has 0 radical (unpaired) electrons. The Bertz CT molecular complexity index is 879. The number of piperidine rings is 1. The molecule has 4 heterocycles. The summed E-state index contributed by atoms with van der Waals surface area (Å²) in [6, 6.07) is 3.18. The van der Waals surface area contributed by atoms with Gasteiger partial charge in [-0.25, -0.2) is 9.78 Å². The number of hydrogen-bond donors (Lipinski definition) is 2. The monoisotopic (exact) mass is 366 g/mol. The highest BCUT2D eigenvalue weighted by atomic mass is 16.2. The SMILES string of the molecule is Cc1cnc(C)c(N2CCC(C3(c4cccnc4)NC(=O)NC3=O)CC2)n1. The average Bonchev–Trinajstić information content (AvgIpc) is 2.99. The van der Waals surface area contributed by atoms with E-state index in [1.807, 2.05) is 19.9 Å². The largest absolute Gasteiger partial charge is 0.355 e. The molecule has 0 bridgehead atoms. The fraction of sp³-hybridized carbons (Fsp3) is 0.421. The molecule has 1 atom stereocenters. The fourth-order valence-corrected chi connectivity index (χ4v) is 4.14. The molecule has 3 amide bonds. The highest BCUT2D eigenvalue weighted by Crippen LogP contribution is 2.39. The molecule has 2 N–H and O–H groups in total. The van der Waals surface area contributed by atoms with Crippen molar-refractivity contribution in [2.75, 3.05) is 18.0 Å². The molecule has 0 aromatic carbocycles. The highest BCUT2D eigenvalue weighted by Gasteiger charge is 2.53. The van der Waals surface area contributed by atoms with Crippen LogP contribution in [0, 0.1) is 19.8 Å². The Hall–Kier alpha value is -3.03. The average molecular weight is 366 g/mol. The van der Waals surface area contributed by atoms with Gasteiger partial charge in [-0.3, -0.25) is 20.1 Å². The predicted octanol–water partition coefficient (Wildman–Crippen LogP) is 1.44. The van der Waals surface area contributed by atoms with E-state index in [-0.39, 0.29) is 11.8 Å². The number of aromatic nitrogens is 3. The van der Waals surface area contributed by atoms with Crippen LogP contribution >= 0.6 is 0 Å². The van der Waals surface area contributed by atoms with E-state index in [1.165, 1.54) is 0 Å². The minimum atomic E-state index is -1.06. The van der Waals surface area contributed by atoms with Gasteiger partial charge in [-0.15, -0.1) is 0 Å². The zero-order chi connectivity index (χ0) is 19.0. The van der Waals surface area contributed by atoms with E-state index < -0.39 is 11.6 Å². The van der Waals surface area contributed by atoms with Crippen molar-refractivity contribution in [1.82, 2.24) is 25.6 Å². The van der Waals surface area contributed by atoms with Crippen molar-refractivity contribution in [3.8, 4) is 0 Å². The van der Waals surface area contributed by atoms with Gasteiger partial charge in [-0.2, -0.15) is 0 Å². The first-order valence-electron chi connectivity index (χ1n) is 9.10. The van der Waals surface area contributed by atoms with Crippen LogP contribution in [-0.4, -0.2) is 40.0 Å². The van der Waals surface area contributed by atoms with E-state index in [4.69, 9.17) is 0 Å². The molecule has 2 aromatic rings. The van der Waals surface area contributed by atoms with E-state index in [2.05, 4.69) is 30.5 Å². The first-order chi connectivity index (χ1) is 13.0. The smallest absolute Gasteiger partial charge is 0.322 e. The molecular weight excluding hydrogens is 344 g/mol. The second kappa shape index (κ2) is 6.61. The van der Waals surface area contributed by atoms with Crippen molar-refractivity contribution in [3.63, 3.8) is 0 Å². The molecule has 1 unspecified atom stereocenters. The van der Waals surface area contributed by atoms with Gasteiger partial charge in [0.2, 0.25) is 0 Å². The molecule has 0 saturated carbocycles. The number of hydrogen-bond acceptors (Lipinski definition) is 6. The molecular formula is C19H22N6O2. The lowest BCUT2D eigenvalue weighted by atomic mass is 9.73. The number of pyridine rings is 1. The molecule has 2 aromatic heterocycles. The number of urea groups is 1. The maximum Gasteiger partial charge on any atom is 0.322 e. The normalized spacial score (nSPS) is 23.3. The fourth-order valence-electron chi connectivity index (χ4n) is 4.14. The number of carbonyl (C=O) groups excluding carboxylic acids is 2. The number of anilines is 1. The summed E-state index contributed by atoms with van der Waals surface area (Å²) in [5.74, 6) is 0.566. The van der Waals surface area contributed by atoms with Crippen LogP contribution in [0.4, 0.5) is 10.6 Å². The zero-order valence-corrected chi connectivity index (χ0v) is 15.4. The van der Waals surface area contributed by atoms with Crippen LogP contribution in [0.15, 0.2) is 30.7 Å².